The van der Waals surface area contributed by atoms with Crippen LogP contribution in [0.25, 0.3) is 0 Å². The minimum absolute atomic E-state index is 0.0410. The van der Waals surface area contributed by atoms with Crippen molar-refractivity contribution >= 4 is 28.5 Å². The summed E-state index contributed by atoms with van der Waals surface area (Å²) in [7, 11) is -1.21. The van der Waals surface area contributed by atoms with Crippen LogP contribution < -0.4 is 11.1 Å². The average molecular weight is 309 g/mol. The number of nitrogens with two attached hydrogens (primary N) is 1. The number of carbonyl (C=O) groups excluding carboxylic acids is 1. The molecule has 0 spiro atoms. The van der Waals surface area contributed by atoms with Crippen LogP contribution in [0.2, 0.25) is 0 Å². The van der Waals surface area contributed by atoms with E-state index in [0.29, 0.717) is 17.3 Å². The number of nitrogens with one attached hydrogen (secondary N) is 1. The maximum Gasteiger partial charge on any atom is 0.246 e. The highest BCUT2D eigenvalue weighted by Crippen LogP contribution is 2.20. The second-order valence-electron chi connectivity index (χ2n) is 4.87. The van der Waals surface area contributed by atoms with Gasteiger partial charge in [-0.2, -0.15) is 4.98 Å². The van der Waals surface area contributed by atoms with Crippen molar-refractivity contribution in [2.75, 3.05) is 30.4 Å². The molecule has 1 amide bonds. The van der Waals surface area contributed by atoms with Crippen molar-refractivity contribution in [3.8, 4) is 0 Å². The van der Waals surface area contributed by atoms with E-state index in [0.717, 1.165) is 19.4 Å². The summed E-state index contributed by atoms with van der Waals surface area (Å²) in [6, 6.07) is 0.0410. The Labute approximate surface area is 126 Å². The van der Waals surface area contributed by atoms with Gasteiger partial charge in [-0.05, 0) is 18.9 Å². The van der Waals surface area contributed by atoms with Crippen LogP contribution in [-0.4, -0.2) is 50.4 Å². The zero-order valence-electron chi connectivity index (χ0n) is 11.9. The molecular formula is C13H19N5O2S. The van der Waals surface area contributed by atoms with E-state index in [4.69, 9.17) is 5.73 Å². The van der Waals surface area contributed by atoms with E-state index < -0.39 is 10.8 Å². The average Bonchev–Trinajstić information content (AvgIpc) is 2.46. The Hall–Kier alpha value is -1.96. The lowest BCUT2D eigenvalue weighted by Crippen LogP contribution is -2.44. The highest BCUT2D eigenvalue weighted by atomic mass is 32.2. The molecule has 21 heavy (non-hydrogen) atoms. The summed E-state index contributed by atoms with van der Waals surface area (Å²) < 4.78 is 11.7. The fourth-order valence-electron chi connectivity index (χ4n) is 2.32. The number of rotatable bonds is 4. The van der Waals surface area contributed by atoms with Gasteiger partial charge in [0, 0.05) is 25.4 Å². The third kappa shape index (κ3) is 3.78. The van der Waals surface area contributed by atoms with E-state index in [-0.39, 0.29) is 17.9 Å². The summed E-state index contributed by atoms with van der Waals surface area (Å²) >= 11 is 0. The van der Waals surface area contributed by atoms with Crippen LogP contribution in [0.3, 0.4) is 0 Å². The topological polar surface area (TPSA) is 101 Å². The summed E-state index contributed by atoms with van der Waals surface area (Å²) in [5, 5.41) is 3.23. The van der Waals surface area contributed by atoms with Crippen LogP contribution in [-0.2, 0) is 15.6 Å². The monoisotopic (exact) mass is 309 g/mol. The summed E-state index contributed by atoms with van der Waals surface area (Å²) in [6.45, 7) is 4.79. The molecule has 0 aliphatic carbocycles. The Morgan fingerprint density at radius 1 is 1.67 bits per heavy atom. The number of likely N-dealkylation sites (tertiary alicyclic amines) is 1. The number of hydrogen-bond donors (Lipinski definition) is 2. The molecule has 1 fully saturated rings. The Morgan fingerprint density at radius 2 is 2.43 bits per heavy atom. The molecule has 2 atom stereocenters. The predicted octanol–water partition coefficient (Wildman–Crippen LogP) is 0.385. The molecule has 7 nitrogen and oxygen atoms in total. The van der Waals surface area contributed by atoms with Gasteiger partial charge in [-0.1, -0.05) is 6.58 Å². The van der Waals surface area contributed by atoms with E-state index in [1.807, 2.05) is 0 Å². The molecule has 1 aromatic rings. The van der Waals surface area contributed by atoms with E-state index in [2.05, 4.69) is 21.9 Å². The fourth-order valence-corrected chi connectivity index (χ4v) is 2.89. The number of anilines is 2. The van der Waals surface area contributed by atoms with Gasteiger partial charge in [0.1, 0.15) is 5.82 Å². The molecule has 1 saturated heterocycles. The van der Waals surface area contributed by atoms with Gasteiger partial charge in [-0.25, -0.2) is 4.98 Å². The lowest BCUT2D eigenvalue weighted by atomic mass is 10.1. The lowest BCUT2D eigenvalue weighted by Gasteiger charge is -2.33. The first-order chi connectivity index (χ1) is 10.0. The molecule has 1 unspecified atom stereocenters. The van der Waals surface area contributed by atoms with Crippen LogP contribution in [0.1, 0.15) is 12.8 Å². The highest BCUT2D eigenvalue weighted by molar-refractivity contribution is 7.84. The lowest BCUT2D eigenvalue weighted by molar-refractivity contribution is -0.127. The van der Waals surface area contributed by atoms with Crippen molar-refractivity contribution in [2.45, 2.75) is 23.8 Å². The number of aromatic nitrogens is 2. The molecule has 0 aromatic carbocycles. The number of hydrogen-bond acceptors (Lipinski definition) is 6. The minimum atomic E-state index is -1.21. The van der Waals surface area contributed by atoms with Crippen molar-refractivity contribution in [3.63, 3.8) is 0 Å². The van der Waals surface area contributed by atoms with Gasteiger partial charge in [0.25, 0.3) is 0 Å². The molecule has 1 aromatic heterocycles. The molecule has 2 heterocycles. The number of piperidine rings is 1. The molecule has 2 rings (SSSR count). The highest BCUT2D eigenvalue weighted by Gasteiger charge is 2.23. The quantitative estimate of drug-likeness (QED) is 0.780. The van der Waals surface area contributed by atoms with Gasteiger partial charge >= 0.3 is 0 Å². The van der Waals surface area contributed by atoms with Gasteiger partial charge < -0.3 is 16.0 Å². The predicted molar refractivity (Wildman–Crippen MR) is 82.2 cm³/mol. The van der Waals surface area contributed by atoms with Crippen molar-refractivity contribution in [1.82, 2.24) is 14.9 Å². The normalized spacial score (nSPS) is 19.9. The van der Waals surface area contributed by atoms with Gasteiger partial charge in [-0.15, -0.1) is 0 Å². The molecule has 1 aliphatic rings. The van der Waals surface area contributed by atoms with Crippen LogP contribution in [0.15, 0.2) is 23.7 Å². The fraction of sp³-hybridized carbons (Fsp3) is 0.462. The maximum atomic E-state index is 11.7. The van der Waals surface area contributed by atoms with Gasteiger partial charge in [0.2, 0.25) is 11.9 Å². The first-order valence-corrected chi connectivity index (χ1v) is 8.21. The minimum Gasteiger partial charge on any atom is -0.368 e. The van der Waals surface area contributed by atoms with Crippen LogP contribution in [0.4, 0.5) is 11.8 Å². The summed E-state index contributed by atoms with van der Waals surface area (Å²) in [6.07, 6.45) is 6.14. The van der Waals surface area contributed by atoms with Crippen molar-refractivity contribution in [3.05, 3.63) is 18.9 Å². The number of carbonyl (C=O) groups is 1. The van der Waals surface area contributed by atoms with Crippen molar-refractivity contribution in [2.24, 2.45) is 0 Å². The van der Waals surface area contributed by atoms with E-state index in [9.17, 15) is 9.00 Å². The zero-order chi connectivity index (χ0) is 15.4. The molecule has 1 aliphatic heterocycles. The molecule has 0 bridgehead atoms. The molecule has 114 valence electrons. The molecule has 8 heteroatoms. The molecule has 0 saturated carbocycles. The Kier molecular flexibility index (Phi) is 4.89. The molecule has 0 radical (unpaired) electrons. The maximum absolute atomic E-state index is 11.7. The zero-order valence-corrected chi connectivity index (χ0v) is 12.7. The van der Waals surface area contributed by atoms with Gasteiger partial charge in [0.15, 0.2) is 0 Å². The van der Waals surface area contributed by atoms with Crippen LogP contribution in [0.5, 0.6) is 0 Å². The summed E-state index contributed by atoms with van der Waals surface area (Å²) in [5.74, 6) is 0.519. The van der Waals surface area contributed by atoms with Crippen molar-refractivity contribution < 1.29 is 9.00 Å². The second-order valence-corrected chi connectivity index (χ2v) is 6.22. The molecule has 3 N–H and O–H groups in total. The van der Waals surface area contributed by atoms with Crippen LogP contribution in [0, 0.1) is 0 Å². The third-order valence-corrected chi connectivity index (χ3v) is 4.25. The Morgan fingerprint density at radius 3 is 3.10 bits per heavy atom. The van der Waals surface area contributed by atoms with Gasteiger partial charge in [-0.3, -0.25) is 9.00 Å². The second kappa shape index (κ2) is 6.66. The summed E-state index contributed by atoms with van der Waals surface area (Å²) in [4.78, 5) is 21.9. The third-order valence-electron chi connectivity index (χ3n) is 3.33. The number of nitrogens with zero attached hydrogens (tertiary/aromatic N) is 3. The Balaban J connectivity index is 2.14. The first kappa shape index (κ1) is 15.4. The number of nitrogen functional groups attached to an aromatic ring is 1. The van der Waals surface area contributed by atoms with Gasteiger partial charge in [0.05, 0.1) is 21.9 Å². The Bertz CT molecular complexity index is 578. The van der Waals surface area contributed by atoms with E-state index >= 15 is 0 Å². The van der Waals surface area contributed by atoms with Crippen LogP contribution >= 0.6 is 0 Å². The first-order valence-electron chi connectivity index (χ1n) is 6.65. The SMILES string of the molecule is C=CC(=O)N1CCC[C@@H](Nc2nc(N)ncc2S(C)=O)C1. The van der Waals surface area contributed by atoms with Crippen molar-refractivity contribution in [1.29, 1.82) is 0 Å². The molecular weight excluding hydrogens is 290 g/mol. The van der Waals surface area contributed by atoms with E-state index in [1.165, 1.54) is 12.3 Å². The largest absolute Gasteiger partial charge is 0.368 e. The smallest absolute Gasteiger partial charge is 0.246 e. The number of amides is 1. The standard InChI is InChI=1S/C13H19N5O2S/c1-3-11(19)18-6-4-5-9(8-18)16-12-10(21(2)20)7-15-13(14)17-12/h3,7,9H,1,4-6,8H2,2H3,(H3,14,15,16,17)/t9-,21?/m1/s1. The van der Waals surface area contributed by atoms with E-state index in [1.54, 1.807) is 11.2 Å². The summed E-state index contributed by atoms with van der Waals surface area (Å²) in [5.41, 5.74) is 5.59.